The Labute approximate surface area is 79.8 Å². The molecule has 1 rings (SSSR count). The molecule has 0 heterocycles. The predicted molar refractivity (Wildman–Crippen MR) is 54.5 cm³/mol. The van der Waals surface area contributed by atoms with Crippen LogP contribution in [-0.4, -0.2) is 0 Å². The fraction of sp³-hybridized carbons (Fsp3) is 0.500. The van der Waals surface area contributed by atoms with Gasteiger partial charge in [0.25, 0.3) is 0 Å². The topological polar surface area (TPSA) is 0 Å². The zero-order valence-corrected chi connectivity index (χ0v) is 8.55. The Balaban J connectivity index is 2.79. The molecule has 0 aliphatic rings. The van der Waals surface area contributed by atoms with E-state index in [0.717, 1.165) is 12.0 Å². The van der Waals surface area contributed by atoms with Crippen molar-refractivity contribution in [1.29, 1.82) is 0 Å². The maximum absolute atomic E-state index is 13.0. The average molecular weight is 180 g/mol. The molecule has 0 N–H and O–H groups in total. The molecule has 0 aliphatic heterocycles. The molecule has 0 saturated carbocycles. The van der Waals surface area contributed by atoms with E-state index in [1.165, 1.54) is 5.56 Å². The normalized spacial score (nSPS) is 13.3. The van der Waals surface area contributed by atoms with Crippen molar-refractivity contribution in [2.24, 2.45) is 5.92 Å². The standard InChI is InChI=1S/C12H17F/c1-9(2)7-11-5-4-6-12(8-11)10(3)13/h4-6,8-10H,7H2,1-3H3. The van der Waals surface area contributed by atoms with Gasteiger partial charge in [0, 0.05) is 0 Å². The number of benzene rings is 1. The second-order valence-corrected chi connectivity index (χ2v) is 3.96. The van der Waals surface area contributed by atoms with E-state index in [1.54, 1.807) is 6.92 Å². The van der Waals surface area contributed by atoms with Crippen LogP contribution in [0.15, 0.2) is 24.3 Å². The molecule has 0 fully saturated rings. The van der Waals surface area contributed by atoms with Crippen molar-refractivity contribution in [3.05, 3.63) is 35.4 Å². The fourth-order valence-electron chi connectivity index (χ4n) is 1.44. The lowest BCUT2D eigenvalue weighted by Crippen LogP contribution is -1.95. The third-order valence-electron chi connectivity index (χ3n) is 2.05. The van der Waals surface area contributed by atoms with Crippen molar-refractivity contribution >= 4 is 0 Å². The fourth-order valence-corrected chi connectivity index (χ4v) is 1.44. The molecule has 1 aromatic carbocycles. The molecular formula is C12H17F. The SMILES string of the molecule is CC(C)Cc1cccc(C(C)F)c1. The molecule has 0 spiro atoms. The maximum atomic E-state index is 13.0. The highest BCUT2D eigenvalue weighted by Gasteiger charge is 2.04. The highest BCUT2D eigenvalue weighted by Crippen LogP contribution is 2.18. The van der Waals surface area contributed by atoms with E-state index in [4.69, 9.17) is 0 Å². The van der Waals surface area contributed by atoms with Crippen LogP contribution < -0.4 is 0 Å². The third-order valence-corrected chi connectivity index (χ3v) is 2.05. The second-order valence-electron chi connectivity index (χ2n) is 3.96. The lowest BCUT2D eigenvalue weighted by Gasteiger charge is -2.07. The van der Waals surface area contributed by atoms with E-state index < -0.39 is 6.17 Å². The first-order valence-corrected chi connectivity index (χ1v) is 4.82. The Morgan fingerprint density at radius 3 is 2.46 bits per heavy atom. The minimum absolute atomic E-state index is 0.630. The van der Waals surface area contributed by atoms with Gasteiger partial charge in [-0.15, -0.1) is 0 Å². The van der Waals surface area contributed by atoms with Gasteiger partial charge in [-0.2, -0.15) is 0 Å². The Morgan fingerprint density at radius 2 is 1.92 bits per heavy atom. The molecule has 0 aliphatic carbocycles. The summed E-state index contributed by atoms with van der Waals surface area (Å²) in [4.78, 5) is 0. The van der Waals surface area contributed by atoms with Crippen LogP contribution >= 0.6 is 0 Å². The summed E-state index contributed by atoms with van der Waals surface area (Å²) < 4.78 is 13.0. The molecular weight excluding hydrogens is 163 g/mol. The van der Waals surface area contributed by atoms with Gasteiger partial charge in [0.05, 0.1) is 0 Å². The van der Waals surface area contributed by atoms with E-state index in [9.17, 15) is 4.39 Å². The largest absolute Gasteiger partial charge is 0.243 e. The van der Waals surface area contributed by atoms with E-state index >= 15 is 0 Å². The number of rotatable bonds is 3. The average Bonchev–Trinajstić information content (AvgIpc) is 2.03. The lowest BCUT2D eigenvalue weighted by atomic mass is 10.00. The zero-order chi connectivity index (χ0) is 9.84. The molecule has 72 valence electrons. The summed E-state index contributed by atoms with van der Waals surface area (Å²) in [6.07, 6.45) is 0.174. The van der Waals surface area contributed by atoms with E-state index in [0.29, 0.717) is 5.92 Å². The van der Waals surface area contributed by atoms with Crippen LogP contribution in [-0.2, 0) is 6.42 Å². The van der Waals surface area contributed by atoms with Gasteiger partial charge >= 0.3 is 0 Å². The molecule has 1 unspecified atom stereocenters. The quantitative estimate of drug-likeness (QED) is 0.661. The molecule has 0 radical (unpaired) electrons. The number of halogens is 1. The maximum Gasteiger partial charge on any atom is 0.122 e. The first kappa shape index (κ1) is 10.2. The summed E-state index contributed by atoms with van der Waals surface area (Å²) in [6, 6.07) is 7.80. The molecule has 1 atom stereocenters. The van der Waals surface area contributed by atoms with Gasteiger partial charge in [-0.1, -0.05) is 38.1 Å². The van der Waals surface area contributed by atoms with Gasteiger partial charge < -0.3 is 0 Å². The number of hydrogen-bond donors (Lipinski definition) is 0. The van der Waals surface area contributed by atoms with E-state index in [1.807, 2.05) is 18.2 Å². The summed E-state index contributed by atoms with van der Waals surface area (Å²) in [5.41, 5.74) is 2.02. The highest BCUT2D eigenvalue weighted by molar-refractivity contribution is 5.25. The number of alkyl halides is 1. The van der Waals surface area contributed by atoms with Crippen molar-refractivity contribution in [1.82, 2.24) is 0 Å². The second kappa shape index (κ2) is 4.40. The van der Waals surface area contributed by atoms with Gasteiger partial charge in [0.15, 0.2) is 0 Å². The molecule has 0 amide bonds. The van der Waals surface area contributed by atoms with Gasteiger partial charge in [-0.05, 0) is 30.4 Å². The van der Waals surface area contributed by atoms with Crippen LogP contribution in [0.25, 0.3) is 0 Å². The molecule has 0 nitrogen and oxygen atoms in total. The van der Waals surface area contributed by atoms with Crippen LogP contribution in [0.4, 0.5) is 4.39 Å². The third kappa shape index (κ3) is 3.17. The van der Waals surface area contributed by atoms with Crippen LogP contribution in [0, 0.1) is 5.92 Å². The minimum atomic E-state index is -0.855. The smallest absolute Gasteiger partial charge is 0.122 e. The van der Waals surface area contributed by atoms with Crippen LogP contribution in [0.2, 0.25) is 0 Å². The van der Waals surface area contributed by atoms with Crippen molar-refractivity contribution in [3.63, 3.8) is 0 Å². The minimum Gasteiger partial charge on any atom is -0.243 e. The van der Waals surface area contributed by atoms with Gasteiger partial charge in [-0.25, -0.2) is 4.39 Å². The molecule has 0 bridgehead atoms. The zero-order valence-electron chi connectivity index (χ0n) is 8.55. The van der Waals surface area contributed by atoms with Crippen molar-refractivity contribution in [3.8, 4) is 0 Å². The van der Waals surface area contributed by atoms with Crippen molar-refractivity contribution < 1.29 is 4.39 Å². The molecule has 0 aromatic heterocycles. The van der Waals surface area contributed by atoms with Gasteiger partial charge in [-0.3, -0.25) is 0 Å². The summed E-state index contributed by atoms with van der Waals surface area (Å²) in [7, 11) is 0. The first-order chi connectivity index (χ1) is 6.09. The van der Waals surface area contributed by atoms with Crippen LogP contribution in [0.1, 0.15) is 38.1 Å². The van der Waals surface area contributed by atoms with E-state index in [-0.39, 0.29) is 0 Å². The Hall–Kier alpha value is -0.850. The molecule has 1 aromatic rings. The van der Waals surface area contributed by atoms with Gasteiger partial charge in [0.1, 0.15) is 6.17 Å². The summed E-state index contributed by atoms with van der Waals surface area (Å²) >= 11 is 0. The van der Waals surface area contributed by atoms with Crippen LogP contribution in [0.5, 0.6) is 0 Å². The van der Waals surface area contributed by atoms with Crippen molar-refractivity contribution in [2.75, 3.05) is 0 Å². The van der Waals surface area contributed by atoms with Crippen LogP contribution in [0.3, 0.4) is 0 Å². The first-order valence-electron chi connectivity index (χ1n) is 4.82. The molecule has 13 heavy (non-hydrogen) atoms. The molecule has 0 saturated heterocycles. The van der Waals surface area contributed by atoms with Crippen molar-refractivity contribution in [2.45, 2.75) is 33.4 Å². The Morgan fingerprint density at radius 1 is 1.23 bits per heavy atom. The van der Waals surface area contributed by atoms with Gasteiger partial charge in [0.2, 0.25) is 0 Å². The highest BCUT2D eigenvalue weighted by atomic mass is 19.1. The number of hydrogen-bond acceptors (Lipinski definition) is 0. The Kier molecular flexibility index (Phi) is 3.47. The summed E-state index contributed by atoms with van der Waals surface area (Å²) in [5, 5.41) is 0. The Bertz CT molecular complexity index is 264. The van der Waals surface area contributed by atoms with E-state index in [2.05, 4.69) is 19.9 Å². The lowest BCUT2D eigenvalue weighted by molar-refractivity contribution is 0.374. The molecule has 1 heteroatoms. The monoisotopic (exact) mass is 180 g/mol. The summed E-state index contributed by atoms with van der Waals surface area (Å²) in [6.45, 7) is 5.92. The summed E-state index contributed by atoms with van der Waals surface area (Å²) in [5.74, 6) is 0.630. The predicted octanol–water partition coefficient (Wildman–Crippen LogP) is 3.92.